The number of benzene rings is 1. The Balaban J connectivity index is 1.97. The molecule has 1 amide bonds. The van der Waals surface area contributed by atoms with E-state index in [1.165, 1.54) is 0 Å². The van der Waals surface area contributed by atoms with Crippen molar-refractivity contribution in [3.8, 4) is 0 Å². The summed E-state index contributed by atoms with van der Waals surface area (Å²) in [5.74, 6) is 0.0926. The quantitative estimate of drug-likeness (QED) is 0.644. The summed E-state index contributed by atoms with van der Waals surface area (Å²) >= 11 is 0. The fraction of sp³-hybridized carbons (Fsp3) is 0.333. The third kappa shape index (κ3) is 1.06. The molecule has 1 aliphatic carbocycles. The zero-order valence-electron chi connectivity index (χ0n) is 8.27. The van der Waals surface area contributed by atoms with Crippen molar-refractivity contribution >= 4 is 17.4 Å². The third-order valence-corrected chi connectivity index (χ3v) is 3.31. The average Bonchev–Trinajstić information content (AvgIpc) is 3.03. The Morgan fingerprint density at radius 3 is 2.27 bits per heavy atom. The molecule has 0 aromatic heterocycles. The Labute approximate surface area is 87.7 Å². The van der Waals surface area contributed by atoms with Gasteiger partial charge in [-0.1, -0.05) is 18.2 Å². The van der Waals surface area contributed by atoms with Crippen LogP contribution in [-0.4, -0.2) is 18.2 Å². The predicted molar refractivity (Wildman–Crippen MR) is 55.5 cm³/mol. The maximum absolute atomic E-state index is 12.0. The Morgan fingerprint density at radius 1 is 1.07 bits per heavy atom. The molecule has 2 fully saturated rings. The molecule has 0 N–H and O–H groups in total. The van der Waals surface area contributed by atoms with Gasteiger partial charge in [-0.25, -0.2) is 0 Å². The standard InChI is InChI=1S/C12H11NO2/c14-10-8-13(9-4-2-1-3-5-9)11(15)12(10)6-7-12/h1-5H,6-8H2. The molecule has 1 aromatic rings. The molecule has 0 bridgehead atoms. The van der Waals surface area contributed by atoms with Gasteiger partial charge < -0.3 is 4.90 Å². The van der Waals surface area contributed by atoms with Crippen molar-refractivity contribution in [1.29, 1.82) is 0 Å². The van der Waals surface area contributed by atoms with Gasteiger partial charge >= 0.3 is 0 Å². The molecule has 3 rings (SSSR count). The lowest BCUT2D eigenvalue weighted by atomic mass is 10.1. The van der Waals surface area contributed by atoms with E-state index in [1.54, 1.807) is 4.90 Å². The molecule has 1 saturated carbocycles. The van der Waals surface area contributed by atoms with Crippen molar-refractivity contribution in [2.75, 3.05) is 11.4 Å². The number of rotatable bonds is 1. The summed E-state index contributed by atoms with van der Waals surface area (Å²) in [4.78, 5) is 25.3. The van der Waals surface area contributed by atoms with Gasteiger partial charge in [0, 0.05) is 5.69 Å². The summed E-state index contributed by atoms with van der Waals surface area (Å²) in [6, 6.07) is 9.40. The highest BCUT2D eigenvalue weighted by molar-refractivity contribution is 6.22. The molecule has 1 aromatic carbocycles. The summed E-state index contributed by atoms with van der Waals surface area (Å²) in [5.41, 5.74) is 0.218. The van der Waals surface area contributed by atoms with Crippen molar-refractivity contribution < 1.29 is 9.59 Å². The second kappa shape index (κ2) is 2.69. The van der Waals surface area contributed by atoms with Gasteiger partial charge in [0.25, 0.3) is 0 Å². The first-order chi connectivity index (χ1) is 7.24. The molecular formula is C12H11NO2. The maximum atomic E-state index is 12.0. The summed E-state index contributed by atoms with van der Waals surface area (Å²) in [5, 5.41) is 0. The Bertz CT molecular complexity index is 434. The van der Waals surface area contributed by atoms with E-state index in [9.17, 15) is 9.59 Å². The number of amides is 1. The van der Waals surface area contributed by atoms with Gasteiger partial charge in [0.15, 0.2) is 5.78 Å². The highest BCUT2D eigenvalue weighted by Crippen LogP contribution is 2.52. The van der Waals surface area contributed by atoms with Crippen molar-refractivity contribution in [1.82, 2.24) is 0 Å². The molecule has 1 heterocycles. The largest absolute Gasteiger partial charge is 0.304 e. The number of carbonyl (C=O) groups excluding carboxylic acids is 2. The number of ketones is 1. The number of Topliss-reactive ketones (excluding diaryl/α,β-unsaturated/α-hetero) is 1. The average molecular weight is 201 g/mol. The third-order valence-electron chi connectivity index (χ3n) is 3.31. The van der Waals surface area contributed by atoms with E-state index in [-0.39, 0.29) is 18.2 Å². The summed E-state index contributed by atoms with van der Waals surface area (Å²) < 4.78 is 0. The van der Waals surface area contributed by atoms with Crippen LogP contribution in [0.25, 0.3) is 0 Å². The summed E-state index contributed by atoms with van der Waals surface area (Å²) in [7, 11) is 0. The molecular weight excluding hydrogens is 190 g/mol. The fourth-order valence-electron chi connectivity index (χ4n) is 2.18. The minimum absolute atomic E-state index is 0.00120. The Hall–Kier alpha value is -1.64. The maximum Gasteiger partial charge on any atom is 0.241 e. The van der Waals surface area contributed by atoms with Crippen LogP contribution in [0, 0.1) is 5.41 Å². The smallest absolute Gasteiger partial charge is 0.241 e. The molecule has 0 unspecified atom stereocenters. The van der Waals surface area contributed by atoms with E-state index in [0.29, 0.717) is 0 Å². The van der Waals surface area contributed by atoms with Gasteiger partial charge in [0.05, 0.1) is 6.54 Å². The van der Waals surface area contributed by atoms with Gasteiger partial charge in [-0.3, -0.25) is 9.59 Å². The molecule has 1 saturated heterocycles. The minimum atomic E-state index is -0.615. The number of nitrogens with zero attached hydrogens (tertiary/aromatic N) is 1. The monoisotopic (exact) mass is 201 g/mol. The lowest BCUT2D eigenvalue weighted by molar-refractivity contribution is -0.128. The highest BCUT2D eigenvalue weighted by atomic mass is 16.2. The van der Waals surface area contributed by atoms with E-state index in [0.717, 1.165) is 18.5 Å². The normalized spacial score (nSPS) is 22.5. The van der Waals surface area contributed by atoms with Crippen LogP contribution in [0.3, 0.4) is 0 Å². The first-order valence-electron chi connectivity index (χ1n) is 5.14. The Kier molecular flexibility index (Phi) is 1.55. The van der Waals surface area contributed by atoms with Crippen LogP contribution < -0.4 is 4.90 Å². The first-order valence-corrected chi connectivity index (χ1v) is 5.14. The number of carbonyl (C=O) groups is 2. The zero-order chi connectivity index (χ0) is 10.5. The van der Waals surface area contributed by atoms with Crippen LogP contribution in [0.5, 0.6) is 0 Å². The van der Waals surface area contributed by atoms with Crippen LogP contribution in [0.15, 0.2) is 30.3 Å². The van der Waals surface area contributed by atoms with E-state index >= 15 is 0 Å². The van der Waals surface area contributed by atoms with Crippen molar-refractivity contribution in [3.05, 3.63) is 30.3 Å². The van der Waals surface area contributed by atoms with Gasteiger partial charge in [0.2, 0.25) is 5.91 Å². The molecule has 76 valence electrons. The fourth-order valence-corrected chi connectivity index (χ4v) is 2.18. The molecule has 1 spiro atoms. The second-order valence-corrected chi connectivity index (χ2v) is 4.23. The van der Waals surface area contributed by atoms with Crippen LogP contribution in [0.1, 0.15) is 12.8 Å². The number of hydrogen-bond acceptors (Lipinski definition) is 2. The first kappa shape index (κ1) is 8.65. The van der Waals surface area contributed by atoms with Crippen molar-refractivity contribution in [2.24, 2.45) is 5.41 Å². The highest BCUT2D eigenvalue weighted by Gasteiger charge is 2.62. The van der Waals surface area contributed by atoms with Gasteiger partial charge in [-0.2, -0.15) is 0 Å². The molecule has 3 heteroatoms. The van der Waals surface area contributed by atoms with Crippen molar-refractivity contribution in [3.63, 3.8) is 0 Å². The van der Waals surface area contributed by atoms with Gasteiger partial charge in [-0.15, -0.1) is 0 Å². The molecule has 1 aliphatic heterocycles. The van der Waals surface area contributed by atoms with E-state index in [4.69, 9.17) is 0 Å². The molecule has 0 radical (unpaired) electrons. The lowest BCUT2D eigenvalue weighted by Gasteiger charge is -2.14. The number of hydrogen-bond donors (Lipinski definition) is 0. The van der Waals surface area contributed by atoms with Crippen molar-refractivity contribution in [2.45, 2.75) is 12.8 Å². The molecule has 3 nitrogen and oxygen atoms in total. The molecule has 2 aliphatic rings. The van der Waals surface area contributed by atoms with Gasteiger partial charge in [0.1, 0.15) is 5.41 Å². The van der Waals surface area contributed by atoms with E-state index < -0.39 is 5.41 Å². The summed E-state index contributed by atoms with van der Waals surface area (Å²) in [6.45, 7) is 0.253. The van der Waals surface area contributed by atoms with E-state index in [1.807, 2.05) is 30.3 Å². The van der Waals surface area contributed by atoms with Crippen LogP contribution in [0.2, 0.25) is 0 Å². The van der Waals surface area contributed by atoms with E-state index in [2.05, 4.69) is 0 Å². The Morgan fingerprint density at radius 2 is 1.73 bits per heavy atom. The summed E-state index contributed by atoms with van der Waals surface area (Å²) in [6.07, 6.45) is 1.49. The van der Waals surface area contributed by atoms with Crippen LogP contribution in [-0.2, 0) is 9.59 Å². The van der Waals surface area contributed by atoms with Crippen LogP contribution >= 0.6 is 0 Å². The number of para-hydroxylation sites is 1. The van der Waals surface area contributed by atoms with Gasteiger partial charge in [-0.05, 0) is 25.0 Å². The SMILES string of the molecule is O=C1CN(c2ccccc2)C(=O)C12CC2. The number of anilines is 1. The second-order valence-electron chi connectivity index (χ2n) is 4.23. The topological polar surface area (TPSA) is 37.4 Å². The van der Waals surface area contributed by atoms with Crippen LogP contribution in [0.4, 0.5) is 5.69 Å². The molecule has 15 heavy (non-hydrogen) atoms. The lowest BCUT2D eigenvalue weighted by Crippen LogP contribution is -2.27. The zero-order valence-corrected chi connectivity index (χ0v) is 8.27. The molecule has 0 atom stereocenters. The minimum Gasteiger partial charge on any atom is -0.304 e. The predicted octanol–water partition coefficient (Wildman–Crippen LogP) is 1.38.